The van der Waals surface area contributed by atoms with Gasteiger partial charge in [0.15, 0.2) is 0 Å². The summed E-state index contributed by atoms with van der Waals surface area (Å²) >= 11 is 0. The minimum Gasteiger partial charge on any atom is -0.348 e. The van der Waals surface area contributed by atoms with Crippen LogP contribution in [0.15, 0.2) is 66.1 Å². The molecule has 0 saturated carbocycles. The second-order valence-electron chi connectivity index (χ2n) is 4.94. The zero-order chi connectivity index (χ0) is 17.6. The predicted molar refractivity (Wildman–Crippen MR) is 89.4 cm³/mol. The van der Waals surface area contributed by atoms with Crippen molar-refractivity contribution in [1.82, 2.24) is 10.0 Å². The molecule has 24 heavy (non-hydrogen) atoms. The van der Waals surface area contributed by atoms with Crippen LogP contribution in [0.5, 0.6) is 0 Å². The second kappa shape index (κ2) is 7.85. The lowest BCUT2D eigenvalue weighted by Gasteiger charge is -2.09. The Morgan fingerprint density at radius 2 is 1.92 bits per heavy atom. The largest absolute Gasteiger partial charge is 0.348 e. The van der Waals surface area contributed by atoms with Gasteiger partial charge in [0.2, 0.25) is 10.0 Å². The summed E-state index contributed by atoms with van der Waals surface area (Å²) in [7, 11) is -3.71. The van der Waals surface area contributed by atoms with Crippen molar-refractivity contribution in [3.05, 3.63) is 78.1 Å². The summed E-state index contributed by atoms with van der Waals surface area (Å²) in [6, 6.07) is 11.7. The highest BCUT2D eigenvalue weighted by Gasteiger charge is 2.15. The van der Waals surface area contributed by atoms with E-state index in [4.69, 9.17) is 0 Å². The summed E-state index contributed by atoms with van der Waals surface area (Å²) in [5.41, 5.74) is 0.523. The zero-order valence-electron chi connectivity index (χ0n) is 12.8. The van der Waals surface area contributed by atoms with E-state index in [1.165, 1.54) is 36.4 Å². The molecule has 1 amide bonds. The van der Waals surface area contributed by atoms with Crippen molar-refractivity contribution < 1.29 is 17.6 Å². The average molecular weight is 348 g/mol. The first-order valence-electron chi connectivity index (χ1n) is 7.16. The highest BCUT2D eigenvalue weighted by molar-refractivity contribution is 7.89. The molecular weight excluding hydrogens is 331 g/mol. The number of nitrogens with one attached hydrogen (secondary N) is 2. The van der Waals surface area contributed by atoms with Gasteiger partial charge in [-0.3, -0.25) is 4.79 Å². The van der Waals surface area contributed by atoms with E-state index in [2.05, 4.69) is 16.6 Å². The lowest BCUT2D eigenvalue weighted by molar-refractivity contribution is 0.0950. The lowest BCUT2D eigenvalue weighted by Crippen LogP contribution is -2.26. The van der Waals surface area contributed by atoms with E-state index in [9.17, 15) is 17.6 Å². The van der Waals surface area contributed by atoms with Gasteiger partial charge in [0.1, 0.15) is 5.82 Å². The Kier molecular flexibility index (Phi) is 5.83. The molecule has 0 heterocycles. The van der Waals surface area contributed by atoms with Gasteiger partial charge in [-0.1, -0.05) is 30.3 Å². The van der Waals surface area contributed by atoms with Crippen molar-refractivity contribution in [3.63, 3.8) is 0 Å². The van der Waals surface area contributed by atoms with E-state index < -0.39 is 21.7 Å². The second-order valence-corrected chi connectivity index (χ2v) is 6.71. The van der Waals surface area contributed by atoms with Crippen LogP contribution in [0.2, 0.25) is 0 Å². The Balaban J connectivity index is 2.12. The summed E-state index contributed by atoms with van der Waals surface area (Å²) in [5, 5.41) is 2.57. The van der Waals surface area contributed by atoms with Crippen molar-refractivity contribution in [1.29, 1.82) is 0 Å². The third kappa shape index (κ3) is 4.50. The summed E-state index contributed by atoms with van der Waals surface area (Å²) in [4.78, 5) is 12.1. The quantitative estimate of drug-likeness (QED) is 0.754. The van der Waals surface area contributed by atoms with Gasteiger partial charge in [0.25, 0.3) is 5.91 Å². The molecule has 5 nitrogen and oxygen atoms in total. The van der Waals surface area contributed by atoms with Gasteiger partial charge >= 0.3 is 0 Å². The van der Waals surface area contributed by atoms with Crippen molar-refractivity contribution >= 4 is 15.9 Å². The molecular formula is C17H17FN2O3S. The van der Waals surface area contributed by atoms with Crippen molar-refractivity contribution in [2.24, 2.45) is 0 Å². The third-order valence-electron chi connectivity index (χ3n) is 3.22. The normalized spacial score (nSPS) is 11.0. The lowest BCUT2D eigenvalue weighted by atomic mass is 10.2. The molecule has 0 fully saturated rings. The Morgan fingerprint density at radius 1 is 1.17 bits per heavy atom. The van der Waals surface area contributed by atoms with Gasteiger partial charge in [0.05, 0.1) is 4.90 Å². The Hall–Kier alpha value is -2.51. The van der Waals surface area contributed by atoms with Gasteiger partial charge in [-0.25, -0.2) is 17.5 Å². The molecule has 0 aliphatic rings. The number of benzene rings is 2. The van der Waals surface area contributed by atoms with Gasteiger partial charge in [-0.2, -0.15) is 0 Å². The Labute approximate surface area is 140 Å². The molecule has 0 aliphatic carbocycles. The van der Waals surface area contributed by atoms with E-state index in [-0.39, 0.29) is 23.5 Å². The fraction of sp³-hybridized carbons (Fsp3) is 0.118. The zero-order valence-corrected chi connectivity index (χ0v) is 13.6. The van der Waals surface area contributed by atoms with Gasteiger partial charge in [-0.15, -0.1) is 6.58 Å². The molecule has 7 heteroatoms. The van der Waals surface area contributed by atoms with E-state index >= 15 is 0 Å². The minimum absolute atomic E-state index is 0.0111. The highest BCUT2D eigenvalue weighted by atomic mass is 32.2. The smallest absolute Gasteiger partial charge is 0.251 e. The molecule has 0 saturated heterocycles. The summed E-state index contributed by atoms with van der Waals surface area (Å²) in [6.07, 6.45) is 1.42. The molecule has 0 atom stereocenters. The highest BCUT2D eigenvalue weighted by Crippen LogP contribution is 2.12. The predicted octanol–water partition coefficient (Wildman–Crippen LogP) is 2.22. The summed E-state index contributed by atoms with van der Waals surface area (Å²) in [6.45, 7) is 3.54. The number of rotatable bonds is 7. The van der Waals surface area contributed by atoms with Crippen LogP contribution in [0, 0.1) is 5.82 Å². The molecule has 0 bridgehead atoms. The molecule has 126 valence electrons. The van der Waals surface area contributed by atoms with Crippen LogP contribution < -0.4 is 10.0 Å². The minimum atomic E-state index is -3.71. The number of carbonyl (C=O) groups excluding carboxylic acids is 1. The first-order chi connectivity index (χ1) is 11.4. The van der Waals surface area contributed by atoms with Crippen LogP contribution in [-0.2, 0) is 16.6 Å². The molecule has 2 aromatic carbocycles. The maximum absolute atomic E-state index is 13.5. The monoisotopic (exact) mass is 348 g/mol. The molecule has 2 N–H and O–H groups in total. The van der Waals surface area contributed by atoms with Crippen molar-refractivity contribution in [3.8, 4) is 0 Å². The topological polar surface area (TPSA) is 75.3 Å². The number of carbonyl (C=O) groups is 1. The van der Waals surface area contributed by atoms with E-state index in [0.29, 0.717) is 5.56 Å². The van der Waals surface area contributed by atoms with E-state index in [1.807, 2.05) is 0 Å². The van der Waals surface area contributed by atoms with Gasteiger partial charge < -0.3 is 5.32 Å². The van der Waals surface area contributed by atoms with Crippen LogP contribution in [-0.4, -0.2) is 20.9 Å². The van der Waals surface area contributed by atoms with Gasteiger partial charge in [0, 0.05) is 24.2 Å². The van der Waals surface area contributed by atoms with Crippen molar-refractivity contribution in [2.45, 2.75) is 11.4 Å². The molecule has 2 aromatic rings. The first kappa shape index (κ1) is 17.8. The number of amides is 1. The molecule has 0 aliphatic heterocycles. The standard InChI is InChI=1S/C17H17FN2O3S/c1-2-10-20-24(22,23)15-8-5-7-13(11-15)17(21)19-12-14-6-3-4-9-16(14)18/h2-9,11,20H,1,10,12H2,(H,19,21). The van der Waals surface area contributed by atoms with Crippen LogP contribution in [0.1, 0.15) is 15.9 Å². The van der Waals surface area contributed by atoms with Crippen molar-refractivity contribution in [2.75, 3.05) is 6.54 Å². The maximum Gasteiger partial charge on any atom is 0.251 e. The van der Waals surface area contributed by atoms with Crippen LogP contribution >= 0.6 is 0 Å². The van der Waals surface area contributed by atoms with Crippen LogP contribution in [0.4, 0.5) is 4.39 Å². The SMILES string of the molecule is C=CCNS(=O)(=O)c1cccc(C(=O)NCc2ccccc2F)c1. The average Bonchev–Trinajstić information content (AvgIpc) is 2.59. The summed E-state index contributed by atoms with van der Waals surface area (Å²) in [5.74, 6) is -0.901. The molecule has 0 radical (unpaired) electrons. The van der Waals surface area contributed by atoms with Crippen LogP contribution in [0.25, 0.3) is 0 Å². The molecule has 0 aromatic heterocycles. The number of halogens is 1. The summed E-state index contributed by atoms with van der Waals surface area (Å²) < 4.78 is 40.0. The van der Waals surface area contributed by atoms with E-state index in [0.717, 1.165) is 0 Å². The third-order valence-corrected chi connectivity index (χ3v) is 4.64. The van der Waals surface area contributed by atoms with Gasteiger partial charge in [-0.05, 0) is 24.3 Å². The number of hydrogen-bond acceptors (Lipinski definition) is 3. The fourth-order valence-corrected chi connectivity index (χ4v) is 3.02. The van der Waals surface area contributed by atoms with E-state index in [1.54, 1.807) is 18.2 Å². The molecule has 2 rings (SSSR count). The Bertz CT molecular complexity index is 850. The molecule has 0 unspecified atom stereocenters. The maximum atomic E-state index is 13.5. The van der Waals surface area contributed by atoms with Crippen LogP contribution in [0.3, 0.4) is 0 Å². The molecule has 0 spiro atoms. The fourth-order valence-electron chi connectivity index (χ4n) is 1.98. The first-order valence-corrected chi connectivity index (χ1v) is 8.64. The number of hydrogen-bond donors (Lipinski definition) is 2. The number of sulfonamides is 1. The Morgan fingerprint density at radius 3 is 2.62 bits per heavy atom.